The van der Waals surface area contributed by atoms with Gasteiger partial charge in [-0.15, -0.1) is 12.4 Å². The quantitative estimate of drug-likeness (QED) is 0.748. The van der Waals surface area contributed by atoms with E-state index in [1.54, 1.807) is 0 Å². The molecule has 1 aliphatic heterocycles. The molecular weight excluding hydrogens is 364 g/mol. The van der Waals surface area contributed by atoms with Crippen LogP contribution < -0.4 is 10.1 Å². The second kappa shape index (κ2) is 8.61. The number of nitrogens with one attached hydrogen (secondary N) is 1. The van der Waals surface area contributed by atoms with Gasteiger partial charge in [0, 0.05) is 25.1 Å². The number of aryl methyl sites for hydroxylation is 1. The van der Waals surface area contributed by atoms with Crippen molar-refractivity contribution in [3.63, 3.8) is 0 Å². The number of halogens is 1. The molecule has 1 aromatic heterocycles. The van der Waals surface area contributed by atoms with Gasteiger partial charge in [0.25, 0.3) is 0 Å². The van der Waals surface area contributed by atoms with E-state index in [0.717, 1.165) is 43.1 Å². The maximum absolute atomic E-state index is 10.8. The van der Waals surface area contributed by atoms with Crippen LogP contribution in [0.5, 0.6) is 5.75 Å². The lowest BCUT2D eigenvalue weighted by atomic mass is 10.1. The van der Waals surface area contributed by atoms with E-state index >= 15 is 0 Å². The highest BCUT2D eigenvalue weighted by atomic mass is 35.5. The van der Waals surface area contributed by atoms with Crippen LogP contribution in [-0.4, -0.2) is 29.2 Å². The van der Waals surface area contributed by atoms with Crippen molar-refractivity contribution in [1.82, 2.24) is 4.98 Å². The number of anilines is 1. The SMILES string of the molecule is Cl.O=C(O)CC1CC1c1ccc(OCCc2ccc3c(n2)NCCC3)cc1. The number of carbonyl (C=O) groups is 1. The van der Waals surface area contributed by atoms with Crippen molar-refractivity contribution in [2.45, 2.75) is 38.0 Å². The maximum Gasteiger partial charge on any atom is 0.303 e. The molecule has 1 aromatic carbocycles. The summed E-state index contributed by atoms with van der Waals surface area (Å²) >= 11 is 0. The van der Waals surface area contributed by atoms with Crippen LogP contribution in [0, 0.1) is 5.92 Å². The molecule has 1 aliphatic carbocycles. The number of aromatic nitrogens is 1. The minimum Gasteiger partial charge on any atom is -0.493 e. The third kappa shape index (κ3) is 4.92. The molecule has 5 nitrogen and oxygen atoms in total. The average molecular weight is 389 g/mol. The molecule has 4 rings (SSSR count). The minimum atomic E-state index is -0.705. The Bertz CT molecular complexity index is 795. The normalized spacial score (nSPS) is 20.0. The van der Waals surface area contributed by atoms with Gasteiger partial charge in [-0.2, -0.15) is 0 Å². The number of carboxylic acid groups (broad SMARTS) is 1. The Morgan fingerprint density at radius 3 is 2.81 bits per heavy atom. The fourth-order valence-corrected chi connectivity index (χ4v) is 3.70. The van der Waals surface area contributed by atoms with Crippen molar-refractivity contribution in [3.05, 3.63) is 53.2 Å². The van der Waals surface area contributed by atoms with Crippen LogP contribution in [0.2, 0.25) is 0 Å². The number of nitrogens with zero attached hydrogens (tertiary/aromatic N) is 1. The number of carboxylic acids is 1. The molecule has 2 heterocycles. The predicted molar refractivity (Wildman–Crippen MR) is 107 cm³/mol. The van der Waals surface area contributed by atoms with Gasteiger partial charge in [0.1, 0.15) is 11.6 Å². The van der Waals surface area contributed by atoms with Crippen molar-refractivity contribution in [3.8, 4) is 5.75 Å². The van der Waals surface area contributed by atoms with Crippen LogP contribution in [-0.2, 0) is 17.6 Å². The first-order valence-electron chi connectivity index (χ1n) is 9.36. The van der Waals surface area contributed by atoms with Crippen LogP contribution in [0.1, 0.15) is 42.0 Å². The zero-order valence-electron chi connectivity index (χ0n) is 15.2. The van der Waals surface area contributed by atoms with Crippen LogP contribution >= 0.6 is 12.4 Å². The van der Waals surface area contributed by atoms with Gasteiger partial charge in [-0.1, -0.05) is 18.2 Å². The molecule has 1 fully saturated rings. The smallest absolute Gasteiger partial charge is 0.303 e. The summed E-state index contributed by atoms with van der Waals surface area (Å²) in [4.78, 5) is 15.4. The molecule has 2 N–H and O–H groups in total. The molecule has 0 spiro atoms. The molecule has 2 atom stereocenters. The first-order valence-corrected chi connectivity index (χ1v) is 9.36. The Morgan fingerprint density at radius 1 is 1.22 bits per heavy atom. The van der Waals surface area contributed by atoms with E-state index in [1.165, 1.54) is 17.5 Å². The van der Waals surface area contributed by atoms with E-state index in [2.05, 4.69) is 34.6 Å². The minimum absolute atomic E-state index is 0. The van der Waals surface area contributed by atoms with Gasteiger partial charge in [-0.3, -0.25) is 4.79 Å². The third-order valence-corrected chi connectivity index (χ3v) is 5.25. The number of aliphatic carboxylic acids is 1. The van der Waals surface area contributed by atoms with Crippen molar-refractivity contribution in [2.75, 3.05) is 18.5 Å². The van der Waals surface area contributed by atoms with Gasteiger partial charge < -0.3 is 15.2 Å². The first kappa shape index (κ1) is 19.5. The Hall–Kier alpha value is -2.27. The van der Waals surface area contributed by atoms with E-state index in [4.69, 9.17) is 9.84 Å². The van der Waals surface area contributed by atoms with Crippen LogP contribution in [0.4, 0.5) is 5.82 Å². The van der Waals surface area contributed by atoms with Crippen LogP contribution in [0.15, 0.2) is 36.4 Å². The predicted octanol–water partition coefficient (Wildman–Crippen LogP) is 4.06. The number of pyridine rings is 1. The van der Waals surface area contributed by atoms with Crippen molar-refractivity contribution >= 4 is 24.2 Å². The van der Waals surface area contributed by atoms with E-state index in [1.807, 2.05) is 12.1 Å². The molecular formula is C21H25ClN2O3. The van der Waals surface area contributed by atoms with E-state index < -0.39 is 5.97 Å². The number of rotatable bonds is 7. The van der Waals surface area contributed by atoms with Gasteiger partial charge >= 0.3 is 5.97 Å². The highest BCUT2D eigenvalue weighted by Crippen LogP contribution is 2.49. The highest BCUT2D eigenvalue weighted by molar-refractivity contribution is 5.85. The lowest BCUT2D eigenvalue weighted by molar-refractivity contribution is -0.137. The Labute approximate surface area is 165 Å². The van der Waals surface area contributed by atoms with Crippen LogP contribution in [0.25, 0.3) is 0 Å². The van der Waals surface area contributed by atoms with Crippen molar-refractivity contribution in [2.24, 2.45) is 5.92 Å². The number of hydrogen-bond acceptors (Lipinski definition) is 4. The largest absolute Gasteiger partial charge is 0.493 e. The lowest BCUT2D eigenvalue weighted by Crippen LogP contribution is -2.14. The molecule has 6 heteroatoms. The average Bonchev–Trinajstić information content (AvgIpc) is 3.40. The number of fused-ring (bicyclic) bond motifs is 1. The summed E-state index contributed by atoms with van der Waals surface area (Å²) in [6.07, 6.45) is 4.30. The van der Waals surface area contributed by atoms with E-state index in [9.17, 15) is 4.79 Å². The first-order chi connectivity index (χ1) is 12.7. The molecule has 27 heavy (non-hydrogen) atoms. The fourth-order valence-electron chi connectivity index (χ4n) is 3.70. The van der Waals surface area contributed by atoms with Gasteiger partial charge in [-0.05, 0) is 60.4 Å². The fraction of sp³-hybridized carbons (Fsp3) is 0.429. The topological polar surface area (TPSA) is 71.5 Å². The monoisotopic (exact) mass is 388 g/mol. The summed E-state index contributed by atoms with van der Waals surface area (Å²) in [6, 6.07) is 12.3. The third-order valence-electron chi connectivity index (χ3n) is 5.25. The van der Waals surface area contributed by atoms with Gasteiger partial charge in [0.2, 0.25) is 0 Å². The van der Waals surface area contributed by atoms with E-state index in [-0.39, 0.29) is 18.8 Å². The standard InChI is InChI=1S/C21H24N2O3.ClH/c24-20(25)13-16-12-19(16)14-4-7-18(8-5-14)26-11-9-17-6-3-15-2-1-10-22-21(15)23-17;/h3-8,16,19H,1-2,9-13H2,(H,22,23)(H,24,25);1H. The summed E-state index contributed by atoms with van der Waals surface area (Å²) in [5.41, 5.74) is 3.56. The summed E-state index contributed by atoms with van der Waals surface area (Å²) in [5, 5.41) is 12.2. The van der Waals surface area contributed by atoms with E-state index in [0.29, 0.717) is 18.4 Å². The summed E-state index contributed by atoms with van der Waals surface area (Å²) in [7, 11) is 0. The molecule has 0 amide bonds. The zero-order valence-corrected chi connectivity index (χ0v) is 16.0. The molecule has 1 saturated carbocycles. The Morgan fingerprint density at radius 2 is 2.04 bits per heavy atom. The Balaban J connectivity index is 0.00000210. The van der Waals surface area contributed by atoms with Crippen LogP contribution in [0.3, 0.4) is 0 Å². The van der Waals surface area contributed by atoms with Crippen molar-refractivity contribution in [1.29, 1.82) is 0 Å². The van der Waals surface area contributed by atoms with Gasteiger partial charge in [0.05, 0.1) is 6.61 Å². The lowest BCUT2D eigenvalue weighted by Gasteiger charge is -2.17. The second-order valence-electron chi connectivity index (χ2n) is 7.21. The Kier molecular flexibility index (Phi) is 6.22. The number of hydrogen-bond donors (Lipinski definition) is 2. The zero-order chi connectivity index (χ0) is 17.9. The van der Waals surface area contributed by atoms with Crippen molar-refractivity contribution < 1.29 is 14.6 Å². The summed E-state index contributed by atoms with van der Waals surface area (Å²) in [5.74, 6) is 1.86. The van der Waals surface area contributed by atoms with Gasteiger partial charge in [-0.25, -0.2) is 4.98 Å². The summed E-state index contributed by atoms with van der Waals surface area (Å²) < 4.78 is 5.85. The molecule has 2 aromatic rings. The molecule has 144 valence electrons. The molecule has 0 radical (unpaired) electrons. The summed E-state index contributed by atoms with van der Waals surface area (Å²) in [6.45, 7) is 1.59. The highest BCUT2D eigenvalue weighted by Gasteiger charge is 2.39. The number of benzene rings is 1. The molecule has 2 aliphatic rings. The second-order valence-corrected chi connectivity index (χ2v) is 7.21. The molecule has 2 unspecified atom stereocenters. The van der Waals surface area contributed by atoms with Gasteiger partial charge in [0.15, 0.2) is 0 Å². The maximum atomic E-state index is 10.8. The molecule has 0 bridgehead atoms. The number of ether oxygens (including phenoxy) is 1. The molecule has 0 saturated heterocycles.